The number of rotatable bonds is 5. The van der Waals surface area contributed by atoms with Crippen molar-refractivity contribution in [1.82, 2.24) is 34.7 Å². The molecule has 0 spiro atoms. The molecule has 0 atom stereocenters. The van der Waals surface area contributed by atoms with E-state index < -0.39 is 11.7 Å². The number of pyridine rings is 2. The Kier molecular flexibility index (Phi) is 5.45. The van der Waals surface area contributed by atoms with Crippen LogP contribution >= 0.6 is 0 Å². The lowest BCUT2D eigenvalue weighted by Crippen LogP contribution is -2.32. The Morgan fingerprint density at radius 2 is 1.91 bits per heavy atom. The topological polar surface area (TPSA) is 99.2 Å². The summed E-state index contributed by atoms with van der Waals surface area (Å²) < 4.78 is 7.22. The molecule has 0 aliphatic carbocycles. The summed E-state index contributed by atoms with van der Waals surface area (Å²) in [7, 11) is 0. The molecule has 0 radical (unpaired) electrons. The Morgan fingerprint density at radius 3 is 2.76 bits per heavy atom. The second-order valence-corrected chi connectivity index (χ2v) is 9.06. The number of amides is 1. The SMILES string of the molecule is CC(C)(C)OC(=O)NCc1ccc2nc(Cn3ncc(-c4cncc5ccccc45)n3)cn2c1. The number of carbonyl (C=O) groups is 1. The van der Waals surface area contributed by atoms with Gasteiger partial charge in [-0.1, -0.05) is 30.3 Å². The van der Waals surface area contributed by atoms with Gasteiger partial charge in [0.1, 0.15) is 23.5 Å². The summed E-state index contributed by atoms with van der Waals surface area (Å²) in [5, 5.41) is 14.0. The van der Waals surface area contributed by atoms with Crippen molar-refractivity contribution in [3.05, 3.63) is 78.6 Å². The van der Waals surface area contributed by atoms with Gasteiger partial charge in [0.15, 0.2) is 0 Å². The molecule has 0 bridgehead atoms. The largest absolute Gasteiger partial charge is 0.444 e. The van der Waals surface area contributed by atoms with Crippen LogP contribution in [0.15, 0.2) is 67.4 Å². The molecule has 5 aromatic rings. The average molecular weight is 456 g/mol. The monoisotopic (exact) mass is 455 g/mol. The second-order valence-electron chi connectivity index (χ2n) is 9.06. The van der Waals surface area contributed by atoms with Gasteiger partial charge >= 0.3 is 6.09 Å². The van der Waals surface area contributed by atoms with E-state index in [-0.39, 0.29) is 0 Å². The molecule has 1 N–H and O–H groups in total. The zero-order valence-electron chi connectivity index (χ0n) is 19.3. The Bertz CT molecular complexity index is 1470. The van der Waals surface area contributed by atoms with E-state index in [4.69, 9.17) is 4.74 Å². The first-order chi connectivity index (χ1) is 16.3. The van der Waals surface area contributed by atoms with E-state index in [1.807, 2.05) is 80.3 Å². The van der Waals surface area contributed by atoms with Gasteiger partial charge in [-0.05, 0) is 37.8 Å². The maximum absolute atomic E-state index is 11.9. The highest BCUT2D eigenvalue weighted by Gasteiger charge is 2.16. The van der Waals surface area contributed by atoms with E-state index in [1.165, 1.54) is 0 Å². The molecule has 5 rings (SSSR count). The Hall–Kier alpha value is -4.27. The van der Waals surface area contributed by atoms with E-state index in [0.717, 1.165) is 38.9 Å². The lowest BCUT2D eigenvalue weighted by Gasteiger charge is -2.19. The quantitative estimate of drug-likeness (QED) is 0.426. The van der Waals surface area contributed by atoms with Crippen molar-refractivity contribution in [2.75, 3.05) is 0 Å². The van der Waals surface area contributed by atoms with Crippen LogP contribution in [0.3, 0.4) is 0 Å². The third-order valence-corrected chi connectivity index (χ3v) is 5.18. The molecule has 9 nitrogen and oxygen atoms in total. The number of hydrogen-bond donors (Lipinski definition) is 1. The van der Waals surface area contributed by atoms with E-state index in [9.17, 15) is 4.79 Å². The first-order valence-corrected chi connectivity index (χ1v) is 11.0. The number of aromatic nitrogens is 6. The fraction of sp³-hybridized carbons (Fsp3) is 0.240. The number of alkyl carbamates (subject to hydrolysis) is 1. The zero-order valence-corrected chi connectivity index (χ0v) is 19.3. The van der Waals surface area contributed by atoms with Crippen molar-refractivity contribution in [1.29, 1.82) is 0 Å². The molecule has 172 valence electrons. The zero-order chi connectivity index (χ0) is 23.7. The van der Waals surface area contributed by atoms with Gasteiger partial charge in [-0.15, -0.1) is 0 Å². The summed E-state index contributed by atoms with van der Waals surface area (Å²) >= 11 is 0. The van der Waals surface area contributed by atoms with Gasteiger partial charge in [-0.2, -0.15) is 15.0 Å². The summed E-state index contributed by atoms with van der Waals surface area (Å²) in [6.07, 6.45) is 8.84. The van der Waals surface area contributed by atoms with Gasteiger partial charge in [-0.25, -0.2) is 9.78 Å². The van der Waals surface area contributed by atoms with Gasteiger partial charge in [0.05, 0.1) is 11.9 Å². The molecule has 0 saturated heterocycles. The third kappa shape index (κ3) is 4.73. The van der Waals surface area contributed by atoms with E-state index in [0.29, 0.717) is 13.1 Å². The lowest BCUT2D eigenvalue weighted by molar-refractivity contribution is 0.0523. The summed E-state index contributed by atoms with van der Waals surface area (Å²) in [5.74, 6) is 0. The minimum atomic E-state index is -0.530. The second kappa shape index (κ2) is 8.58. The van der Waals surface area contributed by atoms with E-state index in [2.05, 4.69) is 31.5 Å². The van der Waals surface area contributed by atoms with Gasteiger partial charge in [0.2, 0.25) is 0 Å². The van der Waals surface area contributed by atoms with Crippen molar-refractivity contribution in [2.24, 2.45) is 0 Å². The molecule has 4 heterocycles. The lowest BCUT2D eigenvalue weighted by atomic mass is 10.1. The number of hydrogen-bond acceptors (Lipinski definition) is 6. The molecule has 0 saturated carbocycles. The summed E-state index contributed by atoms with van der Waals surface area (Å²) in [4.78, 5) is 22.5. The normalized spacial score (nSPS) is 11.7. The number of fused-ring (bicyclic) bond motifs is 2. The molecule has 1 amide bonds. The molecule has 0 aliphatic rings. The van der Waals surface area contributed by atoms with Crippen molar-refractivity contribution < 1.29 is 9.53 Å². The highest BCUT2D eigenvalue weighted by Crippen LogP contribution is 2.25. The summed E-state index contributed by atoms with van der Waals surface area (Å²) in [6.45, 7) is 6.30. The van der Waals surface area contributed by atoms with Crippen molar-refractivity contribution in [3.8, 4) is 11.3 Å². The molecule has 34 heavy (non-hydrogen) atoms. The Labute approximate surface area is 196 Å². The summed E-state index contributed by atoms with van der Waals surface area (Å²) in [5.41, 5.74) is 3.75. The van der Waals surface area contributed by atoms with Crippen LogP contribution in [-0.2, 0) is 17.8 Å². The van der Waals surface area contributed by atoms with Gasteiger partial charge < -0.3 is 14.5 Å². The first-order valence-electron chi connectivity index (χ1n) is 11.0. The molecular weight excluding hydrogens is 430 g/mol. The predicted octanol–water partition coefficient (Wildman–Crippen LogP) is 4.21. The van der Waals surface area contributed by atoms with Gasteiger partial charge in [0.25, 0.3) is 0 Å². The molecule has 4 aromatic heterocycles. The van der Waals surface area contributed by atoms with Crippen LogP contribution in [0.5, 0.6) is 0 Å². The van der Waals surface area contributed by atoms with E-state index >= 15 is 0 Å². The number of benzene rings is 1. The fourth-order valence-corrected chi connectivity index (χ4v) is 3.72. The maximum atomic E-state index is 11.9. The highest BCUT2D eigenvalue weighted by atomic mass is 16.6. The standard InChI is InChI=1S/C25H25N7O2/c1-25(2,3)34-24(33)27-10-17-8-9-23-29-19(15-31(23)14-17)16-32-28-13-22(30-32)21-12-26-11-18-6-4-5-7-20(18)21/h4-9,11-15H,10,16H2,1-3H3,(H,27,33). The molecule has 1 aromatic carbocycles. The van der Waals surface area contributed by atoms with Crippen LogP contribution in [0.4, 0.5) is 4.79 Å². The third-order valence-electron chi connectivity index (χ3n) is 5.18. The number of carbonyl (C=O) groups excluding carboxylic acids is 1. The number of nitrogens with one attached hydrogen (secondary N) is 1. The molecule has 0 unspecified atom stereocenters. The average Bonchev–Trinajstić information content (AvgIpc) is 3.42. The predicted molar refractivity (Wildman–Crippen MR) is 128 cm³/mol. The highest BCUT2D eigenvalue weighted by molar-refractivity contribution is 5.94. The van der Waals surface area contributed by atoms with Crippen molar-refractivity contribution in [2.45, 2.75) is 39.5 Å². The Morgan fingerprint density at radius 1 is 1.06 bits per heavy atom. The molecule has 0 fully saturated rings. The van der Waals surface area contributed by atoms with Crippen LogP contribution in [-0.4, -0.2) is 41.1 Å². The summed E-state index contributed by atoms with van der Waals surface area (Å²) in [6, 6.07) is 11.9. The smallest absolute Gasteiger partial charge is 0.407 e. The van der Waals surface area contributed by atoms with Crippen molar-refractivity contribution >= 4 is 22.5 Å². The van der Waals surface area contributed by atoms with Gasteiger partial charge in [-0.3, -0.25) is 4.98 Å². The van der Waals surface area contributed by atoms with Crippen LogP contribution in [0.2, 0.25) is 0 Å². The number of nitrogens with zero attached hydrogens (tertiary/aromatic N) is 6. The molecule has 9 heteroatoms. The van der Waals surface area contributed by atoms with Crippen LogP contribution in [0.1, 0.15) is 32.0 Å². The maximum Gasteiger partial charge on any atom is 0.407 e. The number of ether oxygens (including phenoxy) is 1. The fourth-order valence-electron chi connectivity index (χ4n) is 3.72. The first kappa shape index (κ1) is 21.6. The number of imidazole rings is 1. The molecular formula is C25H25N7O2. The van der Waals surface area contributed by atoms with Crippen molar-refractivity contribution in [3.63, 3.8) is 0 Å². The Balaban J connectivity index is 1.30. The minimum Gasteiger partial charge on any atom is -0.444 e. The minimum absolute atomic E-state index is 0.363. The van der Waals surface area contributed by atoms with Gasteiger partial charge in [0, 0.05) is 42.3 Å². The van der Waals surface area contributed by atoms with E-state index in [1.54, 1.807) is 11.0 Å². The van der Waals surface area contributed by atoms with Crippen LogP contribution in [0, 0.1) is 0 Å². The van der Waals surface area contributed by atoms with Crippen LogP contribution in [0.25, 0.3) is 27.7 Å². The molecule has 0 aliphatic heterocycles. The van der Waals surface area contributed by atoms with Crippen LogP contribution < -0.4 is 5.32 Å².